The molecule has 4 aromatic rings. The van der Waals surface area contributed by atoms with Crippen molar-refractivity contribution >= 4 is 38.2 Å². The number of amides is 1. The van der Waals surface area contributed by atoms with Crippen molar-refractivity contribution in [2.45, 2.75) is 50.6 Å². The Morgan fingerprint density at radius 2 is 1.81 bits per heavy atom. The summed E-state index contributed by atoms with van der Waals surface area (Å²) in [6, 6.07) is 18.8. The predicted molar refractivity (Wildman–Crippen MR) is 148 cm³/mol. The molecule has 0 unspecified atom stereocenters. The summed E-state index contributed by atoms with van der Waals surface area (Å²) in [7, 11) is -4.03. The fraction of sp³-hybridized carbons (Fsp3) is 0.310. The zero-order valence-electron chi connectivity index (χ0n) is 21.5. The first-order valence-electron chi connectivity index (χ1n) is 12.4. The molecule has 0 N–H and O–H groups in total. The van der Waals surface area contributed by atoms with E-state index < -0.39 is 15.6 Å². The highest BCUT2D eigenvalue weighted by Gasteiger charge is 2.40. The van der Waals surface area contributed by atoms with Gasteiger partial charge in [-0.25, -0.2) is 8.42 Å². The van der Waals surface area contributed by atoms with Crippen LogP contribution in [-0.2, 0) is 21.2 Å². The molecular weight excluding hydrogens is 502 g/mol. The number of sulfonamides is 1. The molecule has 0 saturated heterocycles. The van der Waals surface area contributed by atoms with Gasteiger partial charge in [0.05, 0.1) is 18.1 Å². The highest BCUT2D eigenvalue weighted by molar-refractivity contribution is 7.89. The molecular formula is C29H31N3O3S2. The Hall–Kier alpha value is -3.07. The van der Waals surface area contributed by atoms with E-state index >= 15 is 0 Å². The van der Waals surface area contributed by atoms with Crippen molar-refractivity contribution in [2.24, 2.45) is 0 Å². The molecule has 0 fully saturated rings. The number of aromatic nitrogens is 1. The van der Waals surface area contributed by atoms with E-state index in [1.165, 1.54) is 9.18 Å². The van der Waals surface area contributed by atoms with Crippen LogP contribution in [-0.4, -0.2) is 47.1 Å². The van der Waals surface area contributed by atoms with Crippen LogP contribution in [0.15, 0.2) is 77.1 Å². The molecule has 1 amide bonds. The predicted octanol–water partition coefficient (Wildman–Crippen LogP) is 5.57. The normalized spacial score (nSPS) is 16.2. The molecule has 2 aromatic carbocycles. The van der Waals surface area contributed by atoms with E-state index in [0.29, 0.717) is 12.1 Å². The Bertz CT molecular complexity index is 1550. The SMILES string of the molecule is Cc1ccc([C@H]2c3ccsc3CCN2C(=O)CN(C(C)(C)C)S(=O)(=O)c2cccc3cccnc23)cc1. The molecule has 1 atom stereocenters. The van der Waals surface area contributed by atoms with Crippen LogP contribution >= 0.6 is 11.3 Å². The summed E-state index contributed by atoms with van der Waals surface area (Å²) in [5.74, 6) is -0.214. The summed E-state index contributed by atoms with van der Waals surface area (Å²) >= 11 is 1.71. The topological polar surface area (TPSA) is 70.6 Å². The van der Waals surface area contributed by atoms with Gasteiger partial charge < -0.3 is 4.90 Å². The number of hydrogen-bond acceptors (Lipinski definition) is 5. The van der Waals surface area contributed by atoms with E-state index in [0.717, 1.165) is 28.5 Å². The second kappa shape index (κ2) is 9.67. The number of fused-ring (bicyclic) bond motifs is 2. The third-order valence-corrected chi connectivity index (χ3v) is 10.0. The van der Waals surface area contributed by atoms with Gasteiger partial charge in [-0.2, -0.15) is 4.31 Å². The third kappa shape index (κ3) is 4.81. The average Bonchev–Trinajstić information content (AvgIpc) is 3.35. The number of para-hydroxylation sites is 1. The molecule has 0 saturated carbocycles. The average molecular weight is 534 g/mol. The minimum Gasteiger partial charge on any atom is -0.330 e. The van der Waals surface area contributed by atoms with Gasteiger partial charge in [0.2, 0.25) is 15.9 Å². The lowest BCUT2D eigenvalue weighted by atomic mass is 9.92. The van der Waals surface area contributed by atoms with Crippen molar-refractivity contribution in [2.75, 3.05) is 13.1 Å². The first-order valence-corrected chi connectivity index (χ1v) is 14.7. The van der Waals surface area contributed by atoms with Crippen LogP contribution < -0.4 is 0 Å². The third-order valence-electron chi connectivity index (χ3n) is 6.87. The summed E-state index contributed by atoms with van der Waals surface area (Å²) in [6.45, 7) is 7.79. The van der Waals surface area contributed by atoms with E-state index in [4.69, 9.17) is 0 Å². The van der Waals surface area contributed by atoms with E-state index in [1.54, 1.807) is 35.7 Å². The Morgan fingerprint density at radius 1 is 1.08 bits per heavy atom. The van der Waals surface area contributed by atoms with Crippen LogP contribution in [0.2, 0.25) is 0 Å². The standard InChI is InChI=1S/C29H31N3O3S2/c1-20-10-12-22(13-11-20)28-23-15-18-36-24(23)14-17-31(28)26(33)19-32(29(2,3)4)37(34,35)25-9-5-7-21-8-6-16-30-27(21)25/h5-13,15-16,18,28H,14,17,19H2,1-4H3/t28-/m0/s1. The van der Waals surface area contributed by atoms with E-state index in [2.05, 4.69) is 40.7 Å². The van der Waals surface area contributed by atoms with E-state index in [9.17, 15) is 13.2 Å². The number of carbonyl (C=O) groups is 1. The van der Waals surface area contributed by atoms with Crippen LogP contribution in [0.3, 0.4) is 0 Å². The van der Waals surface area contributed by atoms with E-state index in [1.807, 2.05) is 44.7 Å². The van der Waals surface area contributed by atoms with Gasteiger partial charge in [0, 0.05) is 28.5 Å². The number of rotatable bonds is 5. The van der Waals surface area contributed by atoms with Gasteiger partial charge in [0.1, 0.15) is 4.90 Å². The molecule has 0 spiro atoms. The molecule has 8 heteroatoms. The summed E-state index contributed by atoms with van der Waals surface area (Å²) < 4.78 is 29.5. The molecule has 1 aliphatic heterocycles. The smallest absolute Gasteiger partial charge is 0.246 e. The van der Waals surface area contributed by atoms with Crippen molar-refractivity contribution in [1.82, 2.24) is 14.2 Å². The van der Waals surface area contributed by atoms with Crippen molar-refractivity contribution in [3.05, 3.63) is 93.8 Å². The van der Waals surface area contributed by atoms with Gasteiger partial charge in [0.25, 0.3) is 0 Å². The summed E-state index contributed by atoms with van der Waals surface area (Å²) in [4.78, 5) is 21.6. The second-order valence-electron chi connectivity index (χ2n) is 10.5. The molecule has 5 rings (SSSR count). The molecule has 3 heterocycles. The maximum atomic E-state index is 14.1. The first kappa shape index (κ1) is 25.6. The second-order valence-corrected chi connectivity index (χ2v) is 13.3. The molecule has 37 heavy (non-hydrogen) atoms. The van der Waals surface area contributed by atoms with Crippen LogP contribution in [0.1, 0.15) is 48.4 Å². The van der Waals surface area contributed by atoms with Gasteiger partial charge in [-0.15, -0.1) is 11.3 Å². The Balaban J connectivity index is 1.53. The number of hydrogen-bond donors (Lipinski definition) is 0. The molecule has 0 radical (unpaired) electrons. The molecule has 0 bridgehead atoms. The fourth-order valence-corrected chi connectivity index (χ4v) is 7.80. The molecule has 2 aromatic heterocycles. The summed E-state index contributed by atoms with van der Waals surface area (Å²) in [5, 5.41) is 2.81. The van der Waals surface area contributed by atoms with Crippen LogP contribution in [0.5, 0.6) is 0 Å². The zero-order valence-corrected chi connectivity index (χ0v) is 23.1. The maximum Gasteiger partial charge on any atom is 0.246 e. The summed E-state index contributed by atoms with van der Waals surface area (Å²) in [5.41, 5.74) is 2.88. The Kier molecular flexibility index (Phi) is 6.68. The lowest BCUT2D eigenvalue weighted by Gasteiger charge is -2.40. The number of carbonyl (C=O) groups excluding carboxylic acids is 1. The van der Waals surface area contributed by atoms with Crippen LogP contribution in [0.4, 0.5) is 0 Å². The lowest BCUT2D eigenvalue weighted by molar-refractivity contribution is -0.134. The maximum absolute atomic E-state index is 14.1. The number of aryl methyl sites for hydroxylation is 1. The number of pyridine rings is 1. The first-order chi connectivity index (χ1) is 17.6. The quantitative estimate of drug-likeness (QED) is 0.336. The van der Waals surface area contributed by atoms with Crippen LogP contribution in [0, 0.1) is 6.92 Å². The van der Waals surface area contributed by atoms with Gasteiger partial charge >= 0.3 is 0 Å². The van der Waals surface area contributed by atoms with Gasteiger partial charge in [-0.1, -0.05) is 48.0 Å². The van der Waals surface area contributed by atoms with Crippen LogP contribution in [0.25, 0.3) is 10.9 Å². The van der Waals surface area contributed by atoms with Gasteiger partial charge in [0.15, 0.2) is 0 Å². The highest BCUT2D eigenvalue weighted by Crippen LogP contribution is 2.38. The fourth-order valence-electron chi connectivity index (χ4n) is 4.99. The highest BCUT2D eigenvalue weighted by atomic mass is 32.2. The van der Waals surface area contributed by atoms with Crippen molar-refractivity contribution in [3.8, 4) is 0 Å². The molecule has 6 nitrogen and oxygen atoms in total. The van der Waals surface area contributed by atoms with E-state index in [-0.39, 0.29) is 23.4 Å². The van der Waals surface area contributed by atoms with Crippen molar-refractivity contribution < 1.29 is 13.2 Å². The van der Waals surface area contributed by atoms with Crippen molar-refractivity contribution in [1.29, 1.82) is 0 Å². The molecule has 0 aliphatic carbocycles. The molecule has 192 valence electrons. The monoisotopic (exact) mass is 533 g/mol. The minimum absolute atomic E-state index is 0.113. The summed E-state index contributed by atoms with van der Waals surface area (Å²) in [6.07, 6.45) is 2.35. The van der Waals surface area contributed by atoms with Gasteiger partial charge in [-0.05, 0) is 68.8 Å². The van der Waals surface area contributed by atoms with Gasteiger partial charge in [-0.3, -0.25) is 9.78 Å². The molecule has 1 aliphatic rings. The lowest BCUT2D eigenvalue weighted by Crippen LogP contribution is -2.52. The number of nitrogens with zero attached hydrogens (tertiary/aromatic N) is 3. The largest absolute Gasteiger partial charge is 0.330 e. The zero-order chi connectivity index (χ0) is 26.4. The van der Waals surface area contributed by atoms with Crippen molar-refractivity contribution in [3.63, 3.8) is 0 Å². The Labute approximate surface area is 222 Å². The Morgan fingerprint density at radius 3 is 2.54 bits per heavy atom. The number of benzene rings is 2. The number of thiophene rings is 1. The minimum atomic E-state index is -4.03.